The molecule has 1 aromatic rings. The molecule has 1 fully saturated rings. The molecule has 0 bridgehead atoms. The fourth-order valence-electron chi connectivity index (χ4n) is 2.85. The van der Waals surface area contributed by atoms with Gasteiger partial charge >= 0.3 is 0 Å². The van der Waals surface area contributed by atoms with Crippen LogP contribution in [0, 0.1) is 5.92 Å². The second kappa shape index (κ2) is 10.6. The fraction of sp³-hybridized carbons (Fsp3) is 0.529. The molecule has 2 unspecified atom stereocenters. The highest BCUT2D eigenvalue weighted by Crippen LogP contribution is 2.26. The van der Waals surface area contributed by atoms with Crippen molar-refractivity contribution in [3.63, 3.8) is 0 Å². The lowest BCUT2D eigenvalue weighted by Crippen LogP contribution is -2.34. The predicted molar refractivity (Wildman–Crippen MR) is 101 cm³/mol. The van der Waals surface area contributed by atoms with Crippen molar-refractivity contribution in [2.75, 3.05) is 25.6 Å². The van der Waals surface area contributed by atoms with E-state index in [9.17, 15) is 9.59 Å². The Labute approximate surface area is 159 Å². The number of halogens is 2. The maximum absolute atomic E-state index is 12.3. The van der Waals surface area contributed by atoms with E-state index < -0.39 is 0 Å². The third-order valence-corrected chi connectivity index (χ3v) is 4.47. The van der Waals surface area contributed by atoms with Gasteiger partial charge in [-0.25, -0.2) is 0 Å². The van der Waals surface area contributed by atoms with Crippen molar-refractivity contribution in [3.05, 3.63) is 28.8 Å². The number of carbonyl (C=O) groups is 2. The molecule has 2 atom stereocenters. The van der Waals surface area contributed by atoms with Crippen LogP contribution in [0.25, 0.3) is 0 Å². The van der Waals surface area contributed by atoms with Crippen LogP contribution in [0.1, 0.15) is 36.0 Å². The number of hydrogen-bond donors (Lipinski definition) is 3. The summed E-state index contributed by atoms with van der Waals surface area (Å²) in [5, 5.41) is 5.86. The summed E-state index contributed by atoms with van der Waals surface area (Å²) in [6, 6.07) is 4.97. The summed E-state index contributed by atoms with van der Waals surface area (Å²) in [4.78, 5) is 24.3. The third-order valence-electron chi connectivity index (χ3n) is 4.16. The molecule has 0 aromatic heterocycles. The van der Waals surface area contributed by atoms with Gasteiger partial charge < -0.3 is 21.1 Å². The molecule has 140 valence electrons. The van der Waals surface area contributed by atoms with Crippen LogP contribution < -0.4 is 16.4 Å². The molecule has 1 aromatic carbocycles. The lowest BCUT2D eigenvalue weighted by Gasteiger charge is -2.25. The monoisotopic (exact) mass is 389 g/mol. The maximum atomic E-state index is 12.3. The minimum absolute atomic E-state index is 0. The van der Waals surface area contributed by atoms with E-state index in [1.54, 1.807) is 25.3 Å². The summed E-state index contributed by atoms with van der Waals surface area (Å²) in [6.45, 7) is 0.840. The molecule has 2 amide bonds. The molecule has 0 radical (unpaired) electrons. The summed E-state index contributed by atoms with van der Waals surface area (Å²) in [5.41, 5.74) is 6.88. The summed E-state index contributed by atoms with van der Waals surface area (Å²) in [7, 11) is 1.57. The lowest BCUT2D eigenvalue weighted by atomic mass is 9.85. The molecule has 4 N–H and O–H groups in total. The molecule has 0 saturated heterocycles. The Bertz CT molecular complexity index is 599. The van der Waals surface area contributed by atoms with Crippen molar-refractivity contribution >= 4 is 41.5 Å². The minimum Gasteiger partial charge on any atom is -0.383 e. The number of anilines is 1. The summed E-state index contributed by atoms with van der Waals surface area (Å²) >= 11 is 6.17. The van der Waals surface area contributed by atoms with Crippen LogP contribution in [0.2, 0.25) is 5.02 Å². The summed E-state index contributed by atoms with van der Waals surface area (Å²) in [6.07, 6.45) is 3.51. The van der Waals surface area contributed by atoms with Gasteiger partial charge in [-0.15, -0.1) is 12.4 Å². The average molecular weight is 390 g/mol. The Hall–Kier alpha value is -1.34. The standard InChI is InChI=1S/C17H24ClN3O3.ClH/c1-24-8-7-20-17(23)14-6-5-13(10-15(14)18)21-16(22)11-3-2-4-12(19)9-11;/h5-6,10-12H,2-4,7-9,19H2,1H3,(H,20,23)(H,21,22);1H. The Morgan fingerprint density at radius 3 is 2.76 bits per heavy atom. The highest BCUT2D eigenvalue weighted by atomic mass is 35.5. The Balaban J connectivity index is 0.00000312. The zero-order valence-corrected chi connectivity index (χ0v) is 15.8. The second-order valence-corrected chi connectivity index (χ2v) is 6.46. The van der Waals surface area contributed by atoms with Crippen LogP contribution >= 0.6 is 24.0 Å². The van der Waals surface area contributed by atoms with Gasteiger partial charge in [0.25, 0.3) is 5.91 Å². The summed E-state index contributed by atoms with van der Waals surface area (Å²) < 4.78 is 4.88. The van der Waals surface area contributed by atoms with Crippen molar-refractivity contribution in [3.8, 4) is 0 Å². The number of hydrogen-bond acceptors (Lipinski definition) is 4. The minimum atomic E-state index is -0.270. The number of nitrogens with one attached hydrogen (secondary N) is 2. The average Bonchev–Trinajstić information content (AvgIpc) is 2.55. The van der Waals surface area contributed by atoms with Gasteiger partial charge in [0, 0.05) is 31.3 Å². The van der Waals surface area contributed by atoms with Crippen molar-refractivity contribution in [2.45, 2.75) is 31.7 Å². The lowest BCUT2D eigenvalue weighted by molar-refractivity contribution is -0.120. The molecular weight excluding hydrogens is 365 g/mol. The van der Waals surface area contributed by atoms with Gasteiger partial charge in [-0.2, -0.15) is 0 Å². The molecule has 0 heterocycles. The number of carbonyl (C=O) groups excluding carboxylic acids is 2. The molecule has 1 aliphatic carbocycles. The number of rotatable bonds is 6. The van der Waals surface area contributed by atoms with Gasteiger partial charge in [-0.05, 0) is 37.5 Å². The summed E-state index contributed by atoms with van der Waals surface area (Å²) in [5.74, 6) is -0.378. The number of nitrogens with two attached hydrogens (primary N) is 1. The molecule has 0 aliphatic heterocycles. The first kappa shape index (κ1) is 21.7. The van der Waals surface area contributed by atoms with Crippen molar-refractivity contribution in [1.29, 1.82) is 0 Å². The van der Waals surface area contributed by atoms with Crippen LogP contribution in [0.15, 0.2) is 18.2 Å². The molecule has 8 heteroatoms. The van der Waals surface area contributed by atoms with Gasteiger partial charge in [-0.3, -0.25) is 9.59 Å². The molecule has 1 saturated carbocycles. The zero-order valence-electron chi connectivity index (χ0n) is 14.2. The SMILES string of the molecule is COCCNC(=O)c1ccc(NC(=O)C2CCCC(N)C2)cc1Cl.Cl. The van der Waals surface area contributed by atoms with E-state index in [1.165, 1.54) is 0 Å². The number of benzene rings is 1. The van der Waals surface area contributed by atoms with Crippen LogP contribution in [-0.4, -0.2) is 38.1 Å². The quantitative estimate of drug-likeness (QED) is 0.651. The van der Waals surface area contributed by atoms with E-state index in [4.69, 9.17) is 22.1 Å². The third kappa shape index (κ3) is 6.47. The predicted octanol–water partition coefficient (Wildman–Crippen LogP) is 2.59. The Kier molecular flexibility index (Phi) is 9.21. The highest BCUT2D eigenvalue weighted by molar-refractivity contribution is 6.34. The molecule has 6 nitrogen and oxygen atoms in total. The molecule has 25 heavy (non-hydrogen) atoms. The van der Waals surface area contributed by atoms with Gasteiger partial charge in [-0.1, -0.05) is 18.0 Å². The number of methoxy groups -OCH3 is 1. The highest BCUT2D eigenvalue weighted by Gasteiger charge is 2.25. The topological polar surface area (TPSA) is 93.5 Å². The van der Waals surface area contributed by atoms with Crippen molar-refractivity contribution in [2.24, 2.45) is 11.7 Å². The largest absolute Gasteiger partial charge is 0.383 e. The van der Waals surface area contributed by atoms with Crippen LogP contribution in [-0.2, 0) is 9.53 Å². The van der Waals surface area contributed by atoms with Crippen LogP contribution in [0.4, 0.5) is 5.69 Å². The van der Waals surface area contributed by atoms with Gasteiger partial charge in [0.1, 0.15) is 0 Å². The number of amides is 2. The van der Waals surface area contributed by atoms with Crippen molar-refractivity contribution < 1.29 is 14.3 Å². The first-order valence-electron chi connectivity index (χ1n) is 8.14. The normalized spacial score (nSPS) is 19.6. The molecule has 0 spiro atoms. The molecular formula is C17H25Cl2N3O3. The van der Waals surface area contributed by atoms with Crippen LogP contribution in [0.5, 0.6) is 0 Å². The van der Waals surface area contributed by atoms with Crippen molar-refractivity contribution in [1.82, 2.24) is 5.32 Å². The van der Waals surface area contributed by atoms with Gasteiger partial charge in [0.05, 0.1) is 17.2 Å². The first-order chi connectivity index (χ1) is 11.5. The van der Waals surface area contributed by atoms with Gasteiger partial charge in [0.15, 0.2) is 0 Å². The van der Waals surface area contributed by atoms with E-state index >= 15 is 0 Å². The van der Waals surface area contributed by atoms with E-state index in [-0.39, 0.29) is 36.2 Å². The van der Waals surface area contributed by atoms with E-state index in [0.29, 0.717) is 35.8 Å². The first-order valence-corrected chi connectivity index (χ1v) is 8.52. The molecule has 1 aliphatic rings. The van der Waals surface area contributed by atoms with Gasteiger partial charge in [0.2, 0.25) is 5.91 Å². The van der Waals surface area contributed by atoms with E-state index in [1.807, 2.05) is 0 Å². The van der Waals surface area contributed by atoms with E-state index in [0.717, 1.165) is 19.3 Å². The Morgan fingerprint density at radius 2 is 2.12 bits per heavy atom. The molecule has 2 rings (SSSR count). The zero-order chi connectivity index (χ0) is 17.5. The maximum Gasteiger partial charge on any atom is 0.252 e. The van der Waals surface area contributed by atoms with E-state index in [2.05, 4.69) is 10.6 Å². The fourth-order valence-corrected chi connectivity index (χ4v) is 3.12. The smallest absolute Gasteiger partial charge is 0.252 e. The Morgan fingerprint density at radius 1 is 1.36 bits per heavy atom. The number of ether oxygens (including phenoxy) is 1. The van der Waals surface area contributed by atoms with Crippen LogP contribution in [0.3, 0.4) is 0 Å². The second-order valence-electron chi connectivity index (χ2n) is 6.06.